The van der Waals surface area contributed by atoms with Crippen molar-refractivity contribution in [2.75, 3.05) is 6.54 Å². The molecule has 0 radical (unpaired) electrons. The van der Waals surface area contributed by atoms with E-state index in [2.05, 4.69) is 10.6 Å². The number of thiocarbonyl (C=S) groups is 1. The van der Waals surface area contributed by atoms with Crippen molar-refractivity contribution in [2.45, 2.75) is 0 Å². The molecule has 0 saturated heterocycles. The van der Waals surface area contributed by atoms with Gasteiger partial charge in [0, 0.05) is 11.6 Å². The molecular formula is C11H10ClN3S. The summed E-state index contributed by atoms with van der Waals surface area (Å²) in [6, 6.07) is 7.50. The largest absolute Gasteiger partial charge is 0.358 e. The lowest BCUT2D eigenvalue weighted by molar-refractivity contribution is 1.02. The summed E-state index contributed by atoms with van der Waals surface area (Å²) in [7, 11) is 0. The van der Waals surface area contributed by atoms with Gasteiger partial charge in [-0.1, -0.05) is 35.9 Å². The topological polar surface area (TPSA) is 47.9 Å². The number of benzene rings is 1. The van der Waals surface area contributed by atoms with Crippen LogP contribution in [0.2, 0.25) is 5.02 Å². The van der Waals surface area contributed by atoms with E-state index in [1.54, 1.807) is 6.19 Å². The Morgan fingerprint density at radius 1 is 1.44 bits per heavy atom. The summed E-state index contributed by atoms with van der Waals surface area (Å²) >= 11 is 10.6. The average Bonchev–Trinajstić information content (AvgIpc) is 2.27. The van der Waals surface area contributed by atoms with Crippen LogP contribution >= 0.6 is 23.8 Å². The predicted molar refractivity (Wildman–Crippen MR) is 69.8 cm³/mol. The lowest BCUT2D eigenvalue weighted by Gasteiger charge is -2.00. The Labute approximate surface area is 105 Å². The molecule has 1 aromatic carbocycles. The summed E-state index contributed by atoms with van der Waals surface area (Å²) in [5, 5.41) is 14.5. The van der Waals surface area contributed by atoms with Crippen molar-refractivity contribution >= 4 is 35.0 Å². The normalized spacial score (nSPS) is 9.75. The lowest BCUT2D eigenvalue weighted by atomic mass is 10.2. The molecule has 16 heavy (non-hydrogen) atoms. The Morgan fingerprint density at radius 3 is 2.75 bits per heavy atom. The minimum absolute atomic E-state index is 0.322. The van der Waals surface area contributed by atoms with Crippen molar-refractivity contribution in [3.63, 3.8) is 0 Å². The minimum Gasteiger partial charge on any atom is -0.358 e. The van der Waals surface area contributed by atoms with E-state index in [0.717, 1.165) is 10.6 Å². The molecule has 1 aromatic rings. The third kappa shape index (κ3) is 4.78. The fraction of sp³-hybridized carbons (Fsp3) is 0.0909. The maximum Gasteiger partial charge on any atom is 0.183 e. The first-order valence-corrected chi connectivity index (χ1v) is 5.36. The molecule has 0 saturated carbocycles. The van der Waals surface area contributed by atoms with Crippen LogP contribution in [0.4, 0.5) is 0 Å². The molecule has 0 unspecified atom stereocenters. The van der Waals surface area contributed by atoms with E-state index in [9.17, 15) is 0 Å². The molecule has 0 aromatic heterocycles. The highest BCUT2D eigenvalue weighted by atomic mass is 35.5. The van der Waals surface area contributed by atoms with Gasteiger partial charge in [-0.15, -0.1) is 0 Å². The second-order valence-corrected chi connectivity index (χ2v) is 3.75. The fourth-order valence-electron chi connectivity index (χ4n) is 1.02. The van der Waals surface area contributed by atoms with E-state index in [-0.39, 0.29) is 0 Å². The number of nitrogens with one attached hydrogen (secondary N) is 2. The summed E-state index contributed by atoms with van der Waals surface area (Å²) in [4.78, 5) is 0. The minimum atomic E-state index is 0.322. The van der Waals surface area contributed by atoms with Crippen molar-refractivity contribution in [1.82, 2.24) is 10.6 Å². The molecule has 82 valence electrons. The van der Waals surface area contributed by atoms with E-state index in [1.807, 2.05) is 36.4 Å². The molecule has 0 fully saturated rings. The number of halogens is 1. The van der Waals surface area contributed by atoms with Gasteiger partial charge < -0.3 is 5.32 Å². The van der Waals surface area contributed by atoms with Gasteiger partial charge in [0.15, 0.2) is 11.3 Å². The lowest BCUT2D eigenvalue weighted by Crippen LogP contribution is -2.31. The Kier molecular flexibility index (Phi) is 5.34. The molecule has 2 N–H and O–H groups in total. The van der Waals surface area contributed by atoms with Crippen molar-refractivity contribution in [1.29, 1.82) is 5.26 Å². The van der Waals surface area contributed by atoms with E-state index in [1.165, 1.54) is 0 Å². The molecule has 0 bridgehead atoms. The SMILES string of the molecule is N#CNC(=S)NCC=Cc1ccc(Cl)cc1. The summed E-state index contributed by atoms with van der Waals surface area (Å²) < 4.78 is 0. The smallest absolute Gasteiger partial charge is 0.183 e. The van der Waals surface area contributed by atoms with Crippen molar-refractivity contribution in [3.8, 4) is 6.19 Å². The Balaban J connectivity index is 2.35. The number of nitrogens with zero attached hydrogens (tertiary/aromatic N) is 1. The number of rotatable bonds is 3. The maximum atomic E-state index is 8.28. The first-order valence-electron chi connectivity index (χ1n) is 4.57. The van der Waals surface area contributed by atoms with E-state index in [4.69, 9.17) is 29.1 Å². The molecule has 0 atom stereocenters. The quantitative estimate of drug-likeness (QED) is 0.492. The van der Waals surface area contributed by atoms with Crippen molar-refractivity contribution < 1.29 is 0 Å². The highest BCUT2D eigenvalue weighted by molar-refractivity contribution is 7.80. The molecule has 0 heterocycles. The molecular weight excluding hydrogens is 242 g/mol. The zero-order valence-electron chi connectivity index (χ0n) is 8.40. The third-order valence-electron chi connectivity index (χ3n) is 1.73. The Hall–Kier alpha value is -1.57. The van der Waals surface area contributed by atoms with Gasteiger partial charge in [0.25, 0.3) is 0 Å². The van der Waals surface area contributed by atoms with Crippen molar-refractivity contribution in [2.24, 2.45) is 0 Å². The van der Waals surface area contributed by atoms with Gasteiger partial charge in [-0.2, -0.15) is 5.26 Å². The van der Waals surface area contributed by atoms with Gasteiger partial charge in [0.05, 0.1) is 0 Å². The van der Waals surface area contributed by atoms with Crippen LogP contribution in [-0.4, -0.2) is 11.7 Å². The average molecular weight is 252 g/mol. The van der Waals surface area contributed by atoms with E-state index >= 15 is 0 Å². The highest BCUT2D eigenvalue weighted by Crippen LogP contribution is 2.10. The number of hydrogen-bond acceptors (Lipinski definition) is 2. The number of nitriles is 1. The molecule has 0 aliphatic carbocycles. The predicted octanol–water partition coefficient (Wildman–Crippen LogP) is 2.30. The summed E-state index contributed by atoms with van der Waals surface area (Å²) in [6.45, 7) is 0.566. The Morgan fingerprint density at radius 2 is 2.12 bits per heavy atom. The molecule has 0 aliphatic rings. The first kappa shape index (κ1) is 12.5. The van der Waals surface area contributed by atoms with Crippen molar-refractivity contribution in [3.05, 3.63) is 40.9 Å². The zero-order chi connectivity index (χ0) is 11.8. The van der Waals surface area contributed by atoms with Crippen LogP contribution in [0.3, 0.4) is 0 Å². The molecule has 3 nitrogen and oxygen atoms in total. The van der Waals surface area contributed by atoms with Crippen LogP contribution in [0, 0.1) is 11.5 Å². The van der Waals surface area contributed by atoms with Crippen LogP contribution in [0.1, 0.15) is 5.56 Å². The van der Waals surface area contributed by atoms with E-state index < -0.39 is 0 Å². The summed E-state index contributed by atoms with van der Waals surface area (Å²) in [5.41, 5.74) is 1.06. The summed E-state index contributed by atoms with van der Waals surface area (Å²) in [6.07, 6.45) is 5.59. The van der Waals surface area contributed by atoms with Crippen LogP contribution < -0.4 is 10.6 Å². The molecule has 0 amide bonds. The summed E-state index contributed by atoms with van der Waals surface area (Å²) in [5.74, 6) is 0. The van der Waals surface area contributed by atoms with Gasteiger partial charge in [0.2, 0.25) is 0 Å². The third-order valence-corrected chi connectivity index (χ3v) is 2.23. The highest BCUT2D eigenvalue weighted by Gasteiger charge is 1.89. The first-order chi connectivity index (χ1) is 7.72. The van der Waals surface area contributed by atoms with Gasteiger partial charge in [0.1, 0.15) is 0 Å². The molecule has 5 heteroatoms. The fourth-order valence-corrected chi connectivity index (χ4v) is 1.27. The molecule has 0 aliphatic heterocycles. The second-order valence-electron chi connectivity index (χ2n) is 2.90. The van der Waals surface area contributed by atoms with Gasteiger partial charge >= 0.3 is 0 Å². The number of hydrogen-bond donors (Lipinski definition) is 2. The standard InChI is InChI=1S/C11H10ClN3S/c12-10-5-3-9(4-6-10)2-1-7-14-11(16)15-8-13/h1-6H,7H2,(H2,14,15,16). The van der Waals surface area contributed by atoms with Gasteiger partial charge in [-0.25, -0.2) is 0 Å². The molecule has 1 rings (SSSR count). The van der Waals surface area contributed by atoms with Crippen LogP contribution in [0.5, 0.6) is 0 Å². The Bertz CT molecular complexity index is 420. The van der Waals surface area contributed by atoms with E-state index in [0.29, 0.717) is 11.7 Å². The monoisotopic (exact) mass is 251 g/mol. The van der Waals surface area contributed by atoms with Crippen LogP contribution in [0.15, 0.2) is 30.3 Å². The maximum absolute atomic E-state index is 8.28. The van der Waals surface area contributed by atoms with Crippen LogP contribution in [-0.2, 0) is 0 Å². The van der Waals surface area contributed by atoms with Crippen LogP contribution in [0.25, 0.3) is 6.08 Å². The molecule has 0 spiro atoms. The van der Waals surface area contributed by atoms with Gasteiger partial charge in [-0.05, 0) is 29.9 Å². The zero-order valence-corrected chi connectivity index (χ0v) is 9.98. The van der Waals surface area contributed by atoms with Gasteiger partial charge in [-0.3, -0.25) is 5.32 Å². The second kappa shape index (κ2) is 6.83.